The second kappa shape index (κ2) is 7.84. The van der Waals surface area contributed by atoms with Crippen LogP contribution in [0.3, 0.4) is 0 Å². The van der Waals surface area contributed by atoms with Gasteiger partial charge in [0.25, 0.3) is 0 Å². The van der Waals surface area contributed by atoms with Gasteiger partial charge in [-0.1, -0.05) is 18.2 Å². The van der Waals surface area contributed by atoms with Gasteiger partial charge in [0, 0.05) is 38.9 Å². The third-order valence-electron chi connectivity index (χ3n) is 4.63. The van der Waals surface area contributed by atoms with Crippen molar-refractivity contribution in [3.05, 3.63) is 30.3 Å². The molecule has 0 aliphatic carbocycles. The molecule has 0 unspecified atom stereocenters. The van der Waals surface area contributed by atoms with Gasteiger partial charge in [0.2, 0.25) is 17.8 Å². The minimum atomic E-state index is 0.647. The predicted molar refractivity (Wildman–Crippen MR) is 100 cm³/mol. The van der Waals surface area contributed by atoms with E-state index in [0.717, 1.165) is 31.9 Å². The molecule has 0 radical (unpaired) electrons. The largest absolute Gasteiger partial charge is 0.378 e. The maximum atomic E-state index is 5.46. The lowest BCUT2D eigenvalue weighted by molar-refractivity contribution is 0.121. The molecule has 2 aromatic rings. The Hall–Kier alpha value is -2.45. The number of hydrogen-bond donors (Lipinski definition) is 0. The molecule has 0 saturated carbocycles. The number of rotatable bonds is 4. The lowest BCUT2D eigenvalue weighted by Crippen LogP contribution is -2.40. The van der Waals surface area contributed by atoms with Crippen LogP contribution in [0.2, 0.25) is 0 Å². The molecule has 2 saturated heterocycles. The minimum Gasteiger partial charge on any atom is -0.378 e. The van der Waals surface area contributed by atoms with Gasteiger partial charge in [0.15, 0.2) is 0 Å². The Kier molecular flexibility index (Phi) is 5.12. The highest BCUT2D eigenvalue weighted by atomic mass is 16.5. The Morgan fingerprint density at radius 3 is 1.77 bits per heavy atom. The van der Waals surface area contributed by atoms with Crippen LogP contribution >= 0.6 is 0 Å². The van der Waals surface area contributed by atoms with Crippen LogP contribution in [0.4, 0.5) is 23.5 Å². The molecule has 2 fully saturated rings. The second-order valence-corrected chi connectivity index (χ2v) is 6.33. The summed E-state index contributed by atoms with van der Waals surface area (Å²) in [4.78, 5) is 20.6. The zero-order valence-electron chi connectivity index (χ0n) is 15.0. The van der Waals surface area contributed by atoms with Gasteiger partial charge in [-0.05, 0) is 12.1 Å². The maximum absolute atomic E-state index is 5.46. The molecule has 0 atom stereocenters. The van der Waals surface area contributed by atoms with Crippen molar-refractivity contribution in [1.29, 1.82) is 0 Å². The highest BCUT2D eigenvalue weighted by Gasteiger charge is 2.22. The first kappa shape index (κ1) is 17.0. The highest BCUT2D eigenvalue weighted by Crippen LogP contribution is 2.24. The average Bonchev–Trinajstić information content (AvgIpc) is 2.75. The number of morpholine rings is 2. The Balaban J connectivity index is 1.69. The Bertz CT molecular complexity index is 681. The number of nitrogens with zero attached hydrogens (tertiary/aromatic N) is 6. The first-order valence-electron chi connectivity index (χ1n) is 9.01. The number of benzene rings is 1. The zero-order chi connectivity index (χ0) is 17.8. The van der Waals surface area contributed by atoms with E-state index in [9.17, 15) is 0 Å². The molecule has 2 aliphatic heterocycles. The van der Waals surface area contributed by atoms with E-state index in [-0.39, 0.29) is 0 Å². The van der Waals surface area contributed by atoms with Crippen LogP contribution < -0.4 is 14.7 Å². The molecule has 3 heterocycles. The van der Waals surface area contributed by atoms with Gasteiger partial charge >= 0.3 is 0 Å². The first-order valence-corrected chi connectivity index (χ1v) is 9.01. The van der Waals surface area contributed by atoms with Crippen molar-refractivity contribution < 1.29 is 9.47 Å². The van der Waals surface area contributed by atoms with Crippen LogP contribution in [-0.4, -0.2) is 74.6 Å². The molecule has 8 nitrogen and oxygen atoms in total. The monoisotopic (exact) mass is 356 g/mol. The predicted octanol–water partition coefficient (Wildman–Crippen LogP) is 1.31. The van der Waals surface area contributed by atoms with Crippen LogP contribution in [0, 0.1) is 0 Å². The molecule has 0 spiro atoms. The number of aromatic nitrogens is 3. The normalized spacial score (nSPS) is 18.0. The van der Waals surface area contributed by atoms with Gasteiger partial charge in [0.1, 0.15) is 0 Å². The third kappa shape index (κ3) is 3.71. The molecular weight excluding hydrogens is 332 g/mol. The van der Waals surface area contributed by atoms with Crippen molar-refractivity contribution in [2.24, 2.45) is 0 Å². The number of hydrogen-bond acceptors (Lipinski definition) is 8. The molecule has 26 heavy (non-hydrogen) atoms. The summed E-state index contributed by atoms with van der Waals surface area (Å²) in [6.07, 6.45) is 0. The Morgan fingerprint density at radius 2 is 1.27 bits per heavy atom. The first-order chi connectivity index (χ1) is 12.8. The summed E-state index contributed by atoms with van der Waals surface area (Å²) in [5.74, 6) is 2.07. The van der Waals surface area contributed by atoms with Gasteiger partial charge < -0.3 is 24.2 Å². The van der Waals surface area contributed by atoms with E-state index in [4.69, 9.17) is 24.4 Å². The summed E-state index contributed by atoms with van der Waals surface area (Å²) in [5, 5.41) is 0. The van der Waals surface area contributed by atoms with Gasteiger partial charge in [0.05, 0.1) is 26.4 Å². The molecule has 2 aliphatic rings. The average molecular weight is 356 g/mol. The molecule has 0 N–H and O–H groups in total. The van der Waals surface area contributed by atoms with E-state index in [2.05, 4.69) is 9.80 Å². The van der Waals surface area contributed by atoms with E-state index in [1.165, 1.54) is 0 Å². The van der Waals surface area contributed by atoms with Crippen molar-refractivity contribution in [2.45, 2.75) is 0 Å². The minimum absolute atomic E-state index is 0.647. The Labute approximate surface area is 153 Å². The van der Waals surface area contributed by atoms with Crippen molar-refractivity contribution in [3.8, 4) is 0 Å². The number of para-hydroxylation sites is 1. The zero-order valence-corrected chi connectivity index (χ0v) is 15.0. The van der Waals surface area contributed by atoms with E-state index >= 15 is 0 Å². The summed E-state index contributed by atoms with van der Waals surface area (Å²) in [5.41, 5.74) is 1.04. The SMILES string of the molecule is CN(c1ccccc1)c1nc(N2CCOCC2)nc(N2CCOCC2)n1. The van der Waals surface area contributed by atoms with Gasteiger partial charge in [-0.15, -0.1) is 0 Å². The molecule has 4 rings (SSSR count). The molecule has 1 aromatic heterocycles. The van der Waals surface area contributed by atoms with Crippen LogP contribution in [0.25, 0.3) is 0 Å². The fourth-order valence-corrected chi connectivity index (χ4v) is 3.07. The van der Waals surface area contributed by atoms with Crippen LogP contribution in [-0.2, 0) is 9.47 Å². The van der Waals surface area contributed by atoms with Crippen LogP contribution in [0.5, 0.6) is 0 Å². The third-order valence-corrected chi connectivity index (χ3v) is 4.63. The number of ether oxygens (including phenoxy) is 2. The van der Waals surface area contributed by atoms with Crippen molar-refractivity contribution in [1.82, 2.24) is 15.0 Å². The maximum Gasteiger partial charge on any atom is 0.236 e. The standard InChI is InChI=1S/C18H24N6O2/c1-22(15-5-3-2-4-6-15)16-19-17(23-7-11-25-12-8-23)21-18(20-16)24-9-13-26-14-10-24/h2-6H,7-14H2,1H3. The second-order valence-electron chi connectivity index (χ2n) is 6.33. The quantitative estimate of drug-likeness (QED) is 0.812. The summed E-state index contributed by atoms with van der Waals surface area (Å²) >= 11 is 0. The molecule has 8 heteroatoms. The van der Waals surface area contributed by atoms with E-state index in [0.29, 0.717) is 44.3 Å². The summed E-state index contributed by atoms with van der Waals surface area (Å²) in [6, 6.07) is 10.1. The lowest BCUT2D eigenvalue weighted by atomic mass is 10.3. The summed E-state index contributed by atoms with van der Waals surface area (Å²) in [7, 11) is 1.98. The van der Waals surface area contributed by atoms with Crippen LogP contribution in [0.15, 0.2) is 30.3 Å². The lowest BCUT2D eigenvalue weighted by Gasteiger charge is -2.31. The Morgan fingerprint density at radius 1 is 0.769 bits per heavy atom. The van der Waals surface area contributed by atoms with Crippen molar-refractivity contribution in [2.75, 3.05) is 74.4 Å². The molecule has 138 valence electrons. The van der Waals surface area contributed by atoms with Gasteiger partial charge in [-0.3, -0.25) is 0 Å². The molecule has 1 aromatic carbocycles. The van der Waals surface area contributed by atoms with E-state index in [1.807, 2.05) is 42.3 Å². The number of anilines is 4. The molecule has 0 bridgehead atoms. The fourth-order valence-electron chi connectivity index (χ4n) is 3.07. The van der Waals surface area contributed by atoms with Gasteiger partial charge in [-0.2, -0.15) is 15.0 Å². The summed E-state index contributed by atoms with van der Waals surface area (Å²) < 4.78 is 10.9. The topological polar surface area (TPSA) is 66.9 Å². The highest BCUT2D eigenvalue weighted by molar-refractivity contribution is 5.58. The van der Waals surface area contributed by atoms with Crippen molar-refractivity contribution >= 4 is 23.5 Å². The van der Waals surface area contributed by atoms with Gasteiger partial charge in [-0.25, -0.2) is 0 Å². The van der Waals surface area contributed by atoms with E-state index < -0.39 is 0 Å². The molecular formula is C18H24N6O2. The molecule has 0 amide bonds. The smallest absolute Gasteiger partial charge is 0.236 e. The fraction of sp³-hybridized carbons (Fsp3) is 0.500. The van der Waals surface area contributed by atoms with E-state index in [1.54, 1.807) is 0 Å². The van der Waals surface area contributed by atoms with Crippen LogP contribution in [0.1, 0.15) is 0 Å². The summed E-state index contributed by atoms with van der Waals surface area (Å²) in [6.45, 7) is 5.96. The van der Waals surface area contributed by atoms with Crippen molar-refractivity contribution in [3.63, 3.8) is 0 Å².